The number of pyridine rings is 1. The van der Waals surface area contributed by atoms with Crippen LogP contribution in [0.25, 0.3) is 29.4 Å². The third-order valence-corrected chi connectivity index (χ3v) is 6.07. The third kappa shape index (κ3) is 6.53. The van der Waals surface area contributed by atoms with E-state index >= 15 is 0 Å². The van der Waals surface area contributed by atoms with Crippen LogP contribution in [0.4, 0.5) is 5.82 Å². The number of nitrogens with one attached hydrogen (secondary N) is 3. The molecule has 0 amide bonds. The Hall–Kier alpha value is -4.07. The summed E-state index contributed by atoms with van der Waals surface area (Å²) in [6.07, 6.45) is 9.44. The minimum atomic E-state index is -0.00284. The van der Waals surface area contributed by atoms with Gasteiger partial charge in [0.2, 0.25) is 0 Å². The summed E-state index contributed by atoms with van der Waals surface area (Å²) in [6.45, 7) is 14.9. The molecule has 3 rings (SSSR count). The summed E-state index contributed by atoms with van der Waals surface area (Å²) >= 11 is 0. The topological polar surface area (TPSA) is 131 Å². The maximum absolute atomic E-state index is 7.22. The Balaban J connectivity index is 1.59. The average Bonchev–Trinajstić information content (AvgIpc) is 3.24. The number of aryl methyl sites for hydroxylation is 2. The molecule has 0 aliphatic carbocycles. The van der Waals surface area contributed by atoms with Gasteiger partial charge in [-0.25, -0.2) is 9.97 Å². The molecule has 2 heterocycles. The molecule has 0 unspecified atom stereocenters. The summed E-state index contributed by atoms with van der Waals surface area (Å²) in [5, 5.41) is 15.1. The molecule has 0 fully saturated rings. The first kappa shape index (κ1) is 26.5. The number of unbranched alkanes of at least 4 members (excludes halogenated alkanes) is 1. The largest absolute Gasteiger partial charge is 0.385 e. The lowest BCUT2D eigenvalue weighted by Crippen LogP contribution is -2.31. The number of rotatable bonds is 12. The molecule has 7 N–H and O–H groups in total. The predicted octanol–water partition coefficient (Wildman–Crippen LogP) is 2.41. The lowest BCUT2D eigenvalue weighted by atomic mass is 10.1. The summed E-state index contributed by atoms with van der Waals surface area (Å²) in [7, 11) is 0. The van der Waals surface area contributed by atoms with Crippen molar-refractivity contribution in [2.45, 2.75) is 46.1 Å². The van der Waals surface area contributed by atoms with Gasteiger partial charge in [0.05, 0.1) is 10.9 Å². The van der Waals surface area contributed by atoms with Crippen molar-refractivity contribution in [3.63, 3.8) is 0 Å². The summed E-state index contributed by atoms with van der Waals surface area (Å²) in [5.74, 6) is 1.44. The molecular weight excluding hydrogens is 448 g/mol. The van der Waals surface area contributed by atoms with Gasteiger partial charge in [0.25, 0.3) is 0 Å². The first-order valence-corrected chi connectivity index (χ1v) is 12.4. The SMILES string of the molecule is C=C(NCCCCn1c(CC)nc2c(N)n/c(=C/C=C\C)c(=C)c21)c1ccc(CCNC(=N)N)cc1. The van der Waals surface area contributed by atoms with Crippen molar-refractivity contribution in [1.29, 1.82) is 5.41 Å². The first-order chi connectivity index (χ1) is 17.3. The van der Waals surface area contributed by atoms with Crippen LogP contribution < -0.4 is 32.7 Å². The molecule has 36 heavy (non-hydrogen) atoms. The molecule has 0 saturated heterocycles. The molecule has 0 aliphatic rings. The molecule has 0 atom stereocenters. The maximum Gasteiger partial charge on any atom is 0.185 e. The van der Waals surface area contributed by atoms with Gasteiger partial charge in [0.1, 0.15) is 11.3 Å². The number of nitrogens with zero attached hydrogens (tertiary/aromatic N) is 3. The number of imidazole rings is 1. The van der Waals surface area contributed by atoms with E-state index in [0.29, 0.717) is 12.4 Å². The Bertz CT molecular complexity index is 1350. The zero-order valence-electron chi connectivity index (χ0n) is 21.4. The van der Waals surface area contributed by atoms with E-state index in [9.17, 15) is 0 Å². The van der Waals surface area contributed by atoms with E-state index in [-0.39, 0.29) is 5.96 Å². The maximum atomic E-state index is 7.22. The number of allylic oxidation sites excluding steroid dienone is 2. The van der Waals surface area contributed by atoms with Crippen LogP contribution in [0.5, 0.6) is 0 Å². The Morgan fingerprint density at radius 1 is 1.14 bits per heavy atom. The number of fused-ring (bicyclic) bond motifs is 1. The number of hydrogen-bond acceptors (Lipinski definition) is 5. The first-order valence-electron chi connectivity index (χ1n) is 12.4. The fraction of sp³-hybridized carbons (Fsp3) is 0.321. The monoisotopic (exact) mass is 486 g/mol. The fourth-order valence-corrected chi connectivity index (χ4v) is 4.14. The van der Waals surface area contributed by atoms with Gasteiger partial charge in [-0.1, -0.05) is 56.5 Å². The van der Waals surface area contributed by atoms with Gasteiger partial charge in [-0.05, 0) is 43.4 Å². The quantitative estimate of drug-likeness (QED) is 0.152. The molecule has 2 aromatic heterocycles. The van der Waals surface area contributed by atoms with E-state index in [0.717, 1.165) is 77.5 Å². The molecule has 0 radical (unpaired) electrons. The number of anilines is 1. The molecule has 0 saturated carbocycles. The van der Waals surface area contributed by atoms with Gasteiger partial charge in [0.15, 0.2) is 11.8 Å². The molecule has 0 bridgehead atoms. The van der Waals surface area contributed by atoms with Gasteiger partial charge in [-0.15, -0.1) is 0 Å². The number of nitrogens with two attached hydrogens (primary N) is 2. The number of benzene rings is 1. The second-order valence-corrected chi connectivity index (χ2v) is 8.68. The summed E-state index contributed by atoms with van der Waals surface area (Å²) in [6, 6.07) is 8.30. The highest BCUT2D eigenvalue weighted by Gasteiger charge is 2.14. The van der Waals surface area contributed by atoms with Crippen molar-refractivity contribution in [2.75, 3.05) is 18.8 Å². The van der Waals surface area contributed by atoms with Crippen molar-refractivity contribution >= 4 is 41.2 Å². The number of guanidine groups is 1. The smallest absolute Gasteiger partial charge is 0.185 e. The highest BCUT2D eigenvalue weighted by Crippen LogP contribution is 2.18. The zero-order valence-corrected chi connectivity index (χ0v) is 21.4. The number of nitrogen functional groups attached to an aromatic ring is 1. The second-order valence-electron chi connectivity index (χ2n) is 8.68. The molecular formula is C28H38N8. The minimum Gasteiger partial charge on any atom is -0.385 e. The lowest BCUT2D eigenvalue weighted by Gasteiger charge is -2.12. The van der Waals surface area contributed by atoms with E-state index in [2.05, 4.69) is 64.5 Å². The van der Waals surface area contributed by atoms with Crippen LogP contribution in [0.1, 0.15) is 43.6 Å². The van der Waals surface area contributed by atoms with Gasteiger partial charge in [0, 0.05) is 37.0 Å². The minimum absolute atomic E-state index is 0.00284. The van der Waals surface area contributed by atoms with Crippen LogP contribution >= 0.6 is 0 Å². The second kappa shape index (κ2) is 12.6. The molecule has 8 heteroatoms. The summed E-state index contributed by atoms with van der Waals surface area (Å²) in [5.41, 5.74) is 16.5. The van der Waals surface area contributed by atoms with Crippen LogP contribution in [0.3, 0.4) is 0 Å². The fourth-order valence-electron chi connectivity index (χ4n) is 4.14. The average molecular weight is 487 g/mol. The van der Waals surface area contributed by atoms with Crippen LogP contribution in [0, 0.1) is 5.41 Å². The molecule has 8 nitrogen and oxygen atoms in total. The van der Waals surface area contributed by atoms with Crippen molar-refractivity contribution in [3.8, 4) is 0 Å². The van der Waals surface area contributed by atoms with Crippen LogP contribution in [0.15, 0.2) is 43.0 Å². The zero-order chi connectivity index (χ0) is 26.1. The Labute approximate surface area is 213 Å². The molecule has 0 spiro atoms. The number of hydrogen-bond donors (Lipinski definition) is 5. The Kier molecular flexibility index (Phi) is 9.27. The van der Waals surface area contributed by atoms with Crippen molar-refractivity contribution in [3.05, 3.63) is 70.5 Å². The predicted molar refractivity (Wildman–Crippen MR) is 152 cm³/mol. The van der Waals surface area contributed by atoms with E-state index in [4.69, 9.17) is 21.9 Å². The molecule has 1 aromatic carbocycles. The van der Waals surface area contributed by atoms with E-state index < -0.39 is 0 Å². The van der Waals surface area contributed by atoms with Gasteiger partial charge >= 0.3 is 0 Å². The normalized spacial score (nSPS) is 11.9. The lowest BCUT2D eigenvalue weighted by molar-refractivity contribution is 0.592. The summed E-state index contributed by atoms with van der Waals surface area (Å²) in [4.78, 5) is 9.28. The van der Waals surface area contributed by atoms with Crippen molar-refractivity contribution < 1.29 is 0 Å². The van der Waals surface area contributed by atoms with Crippen LogP contribution in [0.2, 0.25) is 0 Å². The van der Waals surface area contributed by atoms with E-state index in [1.54, 1.807) is 0 Å². The van der Waals surface area contributed by atoms with E-state index in [1.807, 2.05) is 25.2 Å². The Morgan fingerprint density at radius 2 is 1.89 bits per heavy atom. The van der Waals surface area contributed by atoms with E-state index in [1.165, 1.54) is 5.56 Å². The molecule has 3 aromatic rings. The third-order valence-electron chi connectivity index (χ3n) is 6.07. The Morgan fingerprint density at radius 3 is 2.56 bits per heavy atom. The van der Waals surface area contributed by atoms with Crippen LogP contribution in [-0.2, 0) is 19.4 Å². The molecule has 0 aliphatic heterocycles. The standard InChI is InChI=1S/C28H38N8/c1-5-7-10-23-19(3)26-25(27(29)34-23)35-24(6-2)36(26)18-9-8-16-32-20(4)22-13-11-21(12-14-22)15-17-33-28(30)31/h5,7,10-14,32H,3-4,6,8-9,15-18H2,1-2H3,(H2,29,34)(H4,30,31,33)/b7-5-,23-10+. The highest BCUT2D eigenvalue weighted by molar-refractivity contribution is 5.86. The van der Waals surface area contributed by atoms with Gasteiger partial charge in [-0.2, -0.15) is 0 Å². The van der Waals surface area contributed by atoms with Crippen molar-refractivity contribution in [2.24, 2.45) is 5.73 Å². The summed E-state index contributed by atoms with van der Waals surface area (Å²) < 4.78 is 2.25. The van der Waals surface area contributed by atoms with Crippen LogP contribution in [-0.4, -0.2) is 33.6 Å². The van der Waals surface area contributed by atoms with Gasteiger partial charge < -0.3 is 26.7 Å². The van der Waals surface area contributed by atoms with Crippen molar-refractivity contribution in [1.82, 2.24) is 25.2 Å². The molecule has 190 valence electrons. The highest BCUT2D eigenvalue weighted by atomic mass is 15.1. The number of aromatic nitrogens is 3. The van der Waals surface area contributed by atoms with Gasteiger partial charge in [-0.3, -0.25) is 5.41 Å².